The van der Waals surface area contributed by atoms with E-state index in [2.05, 4.69) is 49.3 Å². The van der Waals surface area contributed by atoms with Gasteiger partial charge in [-0.05, 0) is 45.3 Å². The van der Waals surface area contributed by atoms with Crippen LogP contribution in [-0.2, 0) is 15.1 Å². The van der Waals surface area contributed by atoms with Gasteiger partial charge in [-0.25, -0.2) is 4.79 Å². The highest BCUT2D eigenvalue weighted by molar-refractivity contribution is 5.78. The van der Waals surface area contributed by atoms with Gasteiger partial charge in [-0.1, -0.05) is 30.3 Å². The van der Waals surface area contributed by atoms with Crippen LogP contribution in [-0.4, -0.2) is 80.0 Å². The van der Waals surface area contributed by atoms with E-state index in [1.165, 1.54) is 5.56 Å². The minimum atomic E-state index is -0.160. The molecule has 1 aliphatic carbocycles. The number of aldehydes is 1. The van der Waals surface area contributed by atoms with Crippen molar-refractivity contribution in [1.82, 2.24) is 14.7 Å². The zero-order chi connectivity index (χ0) is 20.2. The number of hydrogen-bond donors (Lipinski definition) is 0. The molecule has 0 atom stereocenters. The molecular weight excluding hydrogens is 354 g/mol. The second-order valence-corrected chi connectivity index (χ2v) is 8.32. The molecule has 1 spiro atoms. The number of methoxy groups -OCH3 is 1. The molecule has 2 fully saturated rings. The Morgan fingerprint density at radius 2 is 1.79 bits per heavy atom. The van der Waals surface area contributed by atoms with E-state index in [9.17, 15) is 9.59 Å². The minimum absolute atomic E-state index is 0.00129. The molecular formula is C22H33N3O3. The zero-order valence-corrected chi connectivity index (χ0v) is 17.4. The van der Waals surface area contributed by atoms with Gasteiger partial charge < -0.3 is 19.3 Å². The predicted octanol–water partition coefficient (Wildman–Crippen LogP) is 2.73. The van der Waals surface area contributed by atoms with Crippen LogP contribution < -0.4 is 0 Å². The van der Waals surface area contributed by atoms with Crippen LogP contribution in [0.1, 0.15) is 37.7 Å². The van der Waals surface area contributed by atoms with E-state index in [-0.39, 0.29) is 17.1 Å². The molecule has 28 heavy (non-hydrogen) atoms. The Labute approximate surface area is 168 Å². The van der Waals surface area contributed by atoms with Gasteiger partial charge in [0.15, 0.2) is 0 Å². The van der Waals surface area contributed by atoms with Gasteiger partial charge in [-0.15, -0.1) is 0 Å². The van der Waals surface area contributed by atoms with Crippen molar-refractivity contribution in [1.29, 1.82) is 0 Å². The summed E-state index contributed by atoms with van der Waals surface area (Å²) >= 11 is 0. The lowest BCUT2D eigenvalue weighted by atomic mass is 9.68. The molecule has 1 aromatic rings. The molecule has 1 aliphatic heterocycles. The molecule has 0 bridgehead atoms. The van der Waals surface area contributed by atoms with E-state index in [1.807, 2.05) is 9.80 Å². The van der Waals surface area contributed by atoms with Crippen LogP contribution >= 0.6 is 0 Å². The lowest BCUT2D eigenvalue weighted by molar-refractivity contribution is -0.108. The molecule has 3 rings (SSSR count). The summed E-state index contributed by atoms with van der Waals surface area (Å²) in [6.07, 6.45) is 5.20. The highest BCUT2D eigenvalue weighted by Gasteiger charge is 2.54. The topological polar surface area (TPSA) is 53.1 Å². The summed E-state index contributed by atoms with van der Waals surface area (Å²) < 4.78 is 5.27. The Balaban J connectivity index is 1.84. The Morgan fingerprint density at radius 3 is 2.36 bits per heavy atom. The van der Waals surface area contributed by atoms with Crippen molar-refractivity contribution in [2.75, 3.05) is 47.4 Å². The molecule has 1 aromatic carbocycles. The van der Waals surface area contributed by atoms with E-state index in [0.29, 0.717) is 32.7 Å². The third kappa shape index (κ3) is 3.67. The normalized spacial score (nSPS) is 27.8. The summed E-state index contributed by atoms with van der Waals surface area (Å²) in [6, 6.07) is 10.8. The van der Waals surface area contributed by atoms with E-state index < -0.39 is 0 Å². The summed E-state index contributed by atoms with van der Waals surface area (Å²) in [5.74, 6) is 0. The standard InChI is InChI=1S/C22H33N3O3/c1-23(2)22(19-8-5-4-6-9-19)12-10-21(11-13-22)18-24(14-7-16-26)20(27)25(21)15-17-28-3/h4-6,8-9,16H,7,10-15,17-18H2,1-3H3. The number of amides is 2. The first-order chi connectivity index (χ1) is 13.5. The average Bonchev–Trinajstić information content (AvgIpc) is 2.97. The van der Waals surface area contributed by atoms with Crippen molar-refractivity contribution in [3.8, 4) is 0 Å². The molecule has 2 aliphatic rings. The fourth-order valence-electron chi connectivity index (χ4n) is 5.08. The quantitative estimate of drug-likeness (QED) is 0.644. The van der Waals surface area contributed by atoms with Crippen LogP contribution in [0.2, 0.25) is 0 Å². The van der Waals surface area contributed by atoms with Crippen LogP contribution in [0.4, 0.5) is 4.79 Å². The van der Waals surface area contributed by atoms with Crippen LogP contribution in [0.25, 0.3) is 0 Å². The van der Waals surface area contributed by atoms with Crippen molar-refractivity contribution in [2.24, 2.45) is 0 Å². The molecule has 6 nitrogen and oxygen atoms in total. The Morgan fingerprint density at radius 1 is 1.11 bits per heavy atom. The van der Waals surface area contributed by atoms with E-state index >= 15 is 0 Å². The highest BCUT2D eigenvalue weighted by Crippen LogP contribution is 2.48. The number of ether oxygens (including phenoxy) is 1. The maximum absolute atomic E-state index is 13.0. The van der Waals surface area contributed by atoms with Gasteiger partial charge in [0.1, 0.15) is 6.29 Å². The third-order valence-corrected chi connectivity index (χ3v) is 6.77. The predicted molar refractivity (Wildman–Crippen MR) is 109 cm³/mol. The number of carbonyl (C=O) groups is 2. The van der Waals surface area contributed by atoms with E-state index in [4.69, 9.17) is 4.74 Å². The summed E-state index contributed by atoms with van der Waals surface area (Å²) in [7, 11) is 5.98. The molecule has 1 saturated heterocycles. The van der Waals surface area contributed by atoms with Crippen LogP contribution in [0.15, 0.2) is 30.3 Å². The number of urea groups is 1. The van der Waals surface area contributed by atoms with E-state index in [0.717, 1.165) is 32.0 Å². The van der Waals surface area contributed by atoms with Gasteiger partial charge >= 0.3 is 6.03 Å². The minimum Gasteiger partial charge on any atom is -0.383 e. The second kappa shape index (κ2) is 8.62. The first kappa shape index (κ1) is 20.8. The first-order valence-electron chi connectivity index (χ1n) is 10.2. The first-order valence-corrected chi connectivity index (χ1v) is 10.2. The zero-order valence-electron chi connectivity index (χ0n) is 17.4. The van der Waals surface area contributed by atoms with Crippen LogP contribution in [0.3, 0.4) is 0 Å². The monoisotopic (exact) mass is 387 g/mol. The van der Waals surface area contributed by atoms with Crippen LogP contribution in [0, 0.1) is 0 Å². The molecule has 6 heteroatoms. The number of benzene rings is 1. The number of nitrogens with zero attached hydrogens (tertiary/aromatic N) is 3. The van der Waals surface area contributed by atoms with Crippen molar-refractivity contribution in [3.63, 3.8) is 0 Å². The lowest BCUT2D eigenvalue weighted by Crippen LogP contribution is -2.56. The molecule has 1 saturated carbocycles. The molecule has 2 amide bonds. The fourth-order valence-corrected chi connectivity index (χ4v) is 5.08. The van der Waals surface area contributed by atoms with E-state index in [1.54, 1.807) is 7.11 Å². The Bertz CT molecular complexity index is 669. The summed E-state index contributed by atoms with van der Waals surface area (Å²) in [4.78, 5) is 30.1. The Hall–Kier alpha value is -1.92. The smallest absolute Gasteiger partial charge is 0.320 e. The van der Waals surface area contributed by atoms with Gasteiger partial charge in [0.2, 0.25) is 0 Å². The summed E-state index contributed by atoms with van der Waals surface area (Å²) in [6.45, 7) is 2.35. The van der Waals surface area contributed by atoms with Gasteiger partial charge in [0.05, 0.1) is 12.1 Å². The van der Waals surface area contributed by atoms with Gasteiger partial charge in [0, 0.05) is 38.7 Å². The van der Waals surface area contributed by atoms with Gasteiger partial charge in [-0.3, -0.25) is 4.90 Å². The average molecular weight is 388 g/mol. The number of carbonyl (C=O) groups excluding carboxylic acids is 2. The maximum atomic E-state index is 13.0. The fraction of sp³-hybridized carbons (Fsp3) is 0.636. The van der Waals surface area contributed by atoms with Crippen LogP contribution in [0.5, 0.6) is 0 Å². The third-order valence-electron chi connectivity index (χ3n) is 6.77. The second-order valence-electron chi connectivity index (χ2n) is 8.32. The Kier molecular flexibility index (Phi) is 6.40. The molecule has 0 N–H and O–H groups in total. The molecule has 0 radical (unpaired) electrons. The lowest BCUT2D eigenvalue weighted by Gasteiger charge is -2.51. The highest BCUT2D eigenvalue weighted by atomic mass is 16.5. The van der Waals surface area contributed by atoms with Crippen molar-refractivity contribution >= 4 is 12.3 Å². The number of hydrogen-bond acceptors (Lipinski definition) is 4. The van der Waals surface area contributed by atoms with Gasteiger partial charge in [-0.2, -0.15) is 0 Å². The molecule has 154 valence electrons. The SMILES string of the molecule is COCCN1C(=O)N(CCC=O)CC12CCC(c1ccccc1)(N(C)C)CC2. The number of rotatable bonds is 8. The summed E-state index contributed by atoms with van der Waals surface area (Å²) in [5.41, 5.74) is 1.19. The summed E-state index contributed by atoms with van der Waals surface area (Å²) in [5, 5.41) is 0. The molecule has 1 heterocycles. The largest absolute Gasteiger partial charge is 0.383 e. The van der Waals surface area contributed by atoms with Crippen molar-refractivity contribution in [2.45, 2.75) is 43.2 Å². The molecule has 0 unspecified atom stereocenters. The van der Waals surface area contributed by atoms with Crippen molar-refractivity contribution in [3.05, 3.63) is 35.9 Å². The van der Waals surface area contributed by atoms with Crippen molar-refractivity contribution < 1.29 is 14.3 Å². The molecule has 0 aromatic heterocycles. The van der Waals surface area contributed by atoms with Gasteiger partial charge in [0.25, 0.3) is 0 Å². The maximum Gasteiger partial charge on any atom is 0.320 e.